The SMILES string of the molecule is Cc1cnc(CNCc2cccc3[nH]ccc23)n1C. The van der Waals surface area contributed by atoms with E-state index >= 15 is 0 Å². The summed E-state index contributed by atoms with van der Waals surface area (Å²) in [6, 6.07) is 8.46. The van der Waals surface area contributed by atoms with Gasteiger partial charge < -0.3 is 14.9 Å². The van der Waals surface area contributed by atoms with Gasteiger partial charge in [0.25, 0.3) is 0 Å². The summed E-state index contributed by atoms with van der Waals surface area (Å²) in [7, 11) is 2.05. The van der Waals surface area contributed by atoms with Crippen molar-refractivity contribution in [3.05, 3.63) is 53.7 Å². The molecule has 19 heavy (non-hydrogen) atoms. The number of nitrogens with one attached hydrogen (secondary N) is 2. The molecule has 3 aromatic rings. The van der Waals surface area contributed by atoms with Gasteiger partial charge in [-0.2, -0.15) is 0 Å². The molecule has 0 saturated heterocycles. The van der Waals surface area contributed by atoms with E-state index in [1.54, 1.807) is 0 Å². The summed E-state index contributed by atoms with van der Waals surface area (Å²) in [6.45, 7) is 3.70. The Labute approximate surface area is 112 Å². The second kappa shape index (κ2) is 4.90. The van der Waals surface area contributed by atoms with Crippen molar-refractivity contribution in [2.75, 3.05) is 0 Å². The maximum atomic E-state index is 4.39. The maximum absolute atomic E-state index is 4.39. The van der Waals surface area contributed by atoms with Gasteiger partial charge in [-0.25, -0.2) is 4.98 Å². The molecule has 2 heterocycles. The van der Waals surface area contributed by atoms with Crippen LogP contribution in [0.25, 0.3) is 10.9 Å². The van der Waals surface area contributed by atoms with Gasteiger partial charge in [0, 0.05) is 42.6 Å². The number of imidazole rings is 1. The Morgan fingerprint density at radius 1 is 1.26 bits per heavy atom. The lowest BCUT2D eigenvalue weighted by molar-refractivity contribution is 0.637. The van der Waals surface area contributed by atoms with Crippen LogP contribution in [0.5, 0.6) is 0 Å². The van der Waals surface area contributed by atoms with Crippen LogP contribution in [0, 0.1) is 6.92 Å². The van der Waals surface area contributed by atoms with Crippen molar-refractivity contribution in [2.45, 2.75) is 20.0 Å². The molecule has 0 amide bonds. The van der Waals surface area contributed by atoms with Crippen molar-refractivity contribution < 1.29 is 0 Å². The van der Waals surface area contributed by atoms with E-state index < -0.39 is 0 Å². The first-order chi connectivity index (χ1) is 9.25. The normalized spacial score (nSPS) is 11.3. The topological polar surface area (TPSA) is 45.6 Å². The van der Waals surface area contributed by atoms with Crippen LogP contribution in [-0.2, 0) is 20.1 Å². The lowest BCUT2D eigenvalue weighted by atomic mass is 10.1. The molecule has 0 spiro atoms. The predicted molar refractivity (Wildman–Crippen MR) is 76.8 cm³/mol. The van der Waals surface area contributed by atoms with E-state index in [1.165, 1.54) is 22.2 Å². The molecule has 0 unspecified atom stereocenters. The second-order valence-corrected chi connectivity index (χ2v) is 4.83. The Hall–Kier alpha value is -2.07. The zero-order valence-electron chi connectivity index (χ0n) is 11.3. The van der Waals surface area contributed by atoms with Crippen LogP contribution >= 0.6 is 0 Å². The molecule has 2 aromatic heterocycles. The van der Waals surface area contributed by atoms with Crippen LogP contribution < -0.4 is 5.32 Å². The molecule has 1 aromatic carbocycles. The summed E-state index contributed by atoms with van der Waals surface area (Å²) >= 11 is 0. The van der Waals surface area contributed by atoms with Crippen molar-refractivity contribution in [3.63, 3.8) is 0 Å². The van der Waals surface area contributed by atoms with Crippen molar-refractivity contribution >= 4 is 10.9 Å². The molecule has 0 atom stereocenters. The van der Waals surface area contributed by atoms with Gasteiger partial charge in [-0.15, -0.1) is 0 Å². The molecular weight excluding hydrogens is 236 g/mol. The van der Waals surface area contributed by atoms with Gasteiger partial charge >= 0.3 is 0 Å². The number of H-pyrrole nitrogens is 1. The summed E-state index contributed by atoms with van der Waals surface area (Å²) in [4.78, 5) is 7.63. The highest BCUT2D eigenvalue weighted by Gasteiger charge is 2.04. The molecule has 4 nitrogen and oxygen atoms in total. The van der Waals surface area contributed by atoms with E-state index in [-0.39, 0.29) is 0 Å². The summed E-state index contributed by atoms with van der Waals surface area (Å²) in [5.41, 5.74) is 3.68. The Bertz CT molecular complexity index is 693. The molecule has 0 aliphatic heterocycles. The highest BCUT2D eigenvalue weighted by molar-refractivity contribution is 5.82. The van der Waals surface area contributed by atoms with Gasteiger partial charge in [-0.3, -0.25) is 0 Å². The minimum Gasteiger partial charge on any atom is -0.361 e. The first-order valence-corrected chi connectivity index (χ1v) is 6.48. The van der Waals surface area contributed by atoms with E-state index in [2.05, 4.69) is 51.0 Å². The summed E-state index contributed by atoms with van der Waals surface area (Å²) < 4.78 is 2.11. The van der Waals surface area contributed by atoms with Crippen molar-refractivity contribution in [3.8, 4) is 0 Å². The summed E-state index contributed by atoms with van der Waals surface area (Å²) in [6.07, 6.45) is 3.89. The fourth-order valence-electron chi connectivity index (χ4n) is 2.32. The van der Waals surface area contributed by atoms with Crippen molar-refractivity contribution in [2.24, 2.45) is 7.05 Å². The Morgan fingerprint density at radius 2 is 2.16 bits per heavy atom. The van der Waals surface area contributed by atoms with Crippen LogP contribution in [0.4, 0.5) is 0 Å². The molecule has 3 rings (SSSR count). The first-order valence-electron chi connectivity index (χ1n) is 6.48. The fraction of sp³-hybridized carbons (Fsp3) is 0.267. The zero-order chi connectivity index (χ0) is 13.2. The van der Waals surface area contributed by atoms with Crippen LogP contribution in [0.3, 0.4) is 0 Å². The average Bonchev–Trinajstić information content (AvgIpc) is 3.00. The van der Waals surface area contributed by atoms with Gasteiger partial charge in [0.2, 0.25) is 0 Å². The summed E-state index contributed by atoms with van der Waals surface area (Å²) in [5.74, 6) is 1.07. The Morgan fingerprint density at radius 3 is 2.95 bits per heavy atom. The molecule has 0 fully saturated rings. The van der Waals surface area contributed by atoms with Crippen LogP contribution in [0.2, 0.25) is 0 Å². The fourth-order valence-corrected chi connectivity index (χ4v) is 2.32. The molecule has 98 valence electrons. The number of benzene rings is 1. The van der Waals surface area contributed by atoms with Crippen LogP contribution in [0.15, 0.2) is 36.7 Å². The number of fused-ring (bicyclic) bond motifs is 1. The number of hydrogen-bond donors (Lipinski definition) is 2. The number of aryl methyl sites for hydroxylation is 1. The second-order valence-electron chi connectivity index (χ2n) is 4.83. The van der Waals surface area contributed by atoms with Gasteiger partial charge in [0.1, 0.15) is 5.82 Å². The van der Waals surface area contributed by atoms with E-state index in [0.29, 0.717) is 0 Å². The van der Waals surface area contributed by atoms with Crippen molar-refractivity contribution in [1.82, 2.24) is 19.9 Å². The molecule has 2 N–H and O–H groups in total. The quantitative estimate of drug-likeness (QED) is 0.751. The maximum Gasteiger partial charge on any atom is 0.122 e. The summed E-state index contributed by atoms with van der Waals surface area (Å²) in [5, 5.41) is 4.74. The highest BCUT2D eigenvalue weighted by atomic mass is 15.1. The molecule has 4 heteroatoms. The lowest BCUT2D eigenvalue weighted by Gasteiger charge is -2.07. The number of aromatic amines is 1. The van der Waals surface area contributed by atoms with Gasteiger partial charge in [-0.1, -0.05) is 12.1 Å². The van der Waals surface area contributed by atoms with Crippen molar-refractivity contribution in [1.29, 1.82) is 0 Å². The number of aromatic nitrogens is 3. The third-order valence-corrected chi connectivity index (χ3v) is 3.60. The van der Waals surface area contributed by atoms with E-state index in [9.17, 15) is 0 Å². The third-order valence-electron chi connectivity index (χ3n) is 3.60. The molecule has 0 saturated carbocycles. The van der Waals surface area contributed by atoms with Gasteiger partial charge in [0.15, 0.2) is 0 Å². The number of hydrogen-bond acceptors (Lipinski definition) is 2. The molecule has 0 bridgehead atoms. The molecular formula is C15H18N4. The number of nitrogens with zero attached hydrogens (tertiary/aromatic N) is 2. The Kier molecular flexibility index (Phi) is 3.09. The minimum atomic E-state index is 0.783. The minimum absolute atomic E-state index is 0.783. The van der Waals surface area contributed by atoms with Crippen LogP contribution in [0.1, 0.15) is 17.1 Å². The monoisotopic (exact) mass is 254 g/mol. The van der Waals surface area contributed by atoms with E-state index in [0.717, 1.165) is 18.9 Å². The Balaban J connectivity index is 1.70. The molecule has 0 aliphatic carbocycles. The predicted octanol–water partition coefficient (Wildman–Crippen LogP) is 2.50. The molecule has 0 aliphatic rings. The van der Waals surface area contributed by atoms with E-state index in [4.69, 9.17) is 0 Å². The van der Waals surface area contributed by atoms with E-state index in [1.807, 2.05) is 19.4 Å². The largest absolute Gasteiger partial charge is 0.361 e. The zero-order valence-corrected chi connectivity index (χ0v) is 11.3. The van der Waals surface area contributed by atoms with Gasteiger partial charge in [0.05, 0.1) is 6.54 Å². The van der Waals surface area contributed by atoms with Gasteiger partial charge in [-0.05, 0) is 24.6 Å². The third kappa shape index (κ3) is 2.27. The standard InChI is InChI=1S/C15H18N4/c1-11-8-18-15(19(11)2)10-16-9-12-4-3-5-14-13(12)6-7-17-14/h3-8,16-17H,9-10H2,1-2H3. The lowest BCUT2D eigenvalue weighted by Crippen LogP contribution is -2.16. The number of rotatable bonds is 4. The molecule has 0 radical (unpaired) electrons. The average molecular weight is 254 g/mol. The smallest absolute Gasteiger partial charge is 0.122 e. The first kappa shape index (κ1) is 12.0. The van der Waals surface area contributed by atoms with Crippen LogP contribution in [-0.4, -0.2) is 14.5 Å². The highest BCUT2D eigenvalue weighted by Crippen LogP contribution is 2.17.